The lowest BCUT2D eigenvalue weighted by molar-refractivity contribution is -0.137. The molecule has 0 unspecified atom stereocenters. The van der Waals surface area contributed by atoms with Crippen LogP contribution in [-0.2, 0) is 6.18 Å². The van der Waals surface area contributed by atoms with Crippen molar-refractivity contribution in [2.24, 2.45) is 0 Å². The Bertz CT molecular complexity index is 1700. The summed E-state index contributed by atoms with van der Waals surface area (Å²) in [7, 11) is 0. The Hall–Kier alpha value is -5.29. The van der Waals surface area contributed by atoms with E-state index in [4.69, 9.17) is 34.4 Å². The van der Waals surface area contributed by atoms with E-state index in [2.05, 4.69) is 11.0 Å². The average Bonchev–Trinajstić information content (AvgIpc) is 3.74. The van der Waals surface area contributed by atoms with E-state index < -0.39 is 11.7 Å². The molecule has 12 N–H and O–H groups in total. The molecule has 0 amide bonds. The van der Waals surface area contributed by atoms with Gasteiger partial charge in [0, 0.05) is 63.1 Å². The summed E-state index contributed by atoms with van der Waals surface area (Å²) in [6.07, 6.45) is -1.61. The lowest BCUT2D eigenvalue weighted by Gasteiger charge is -2.13. The van der Waals surface area contributed by atoms with E-state index >= 15 is 0 Å². The Morgan fingerprint density at radius 3 is 1.22 bits per heavy atom. The maximum Gasteiger partial charge on any atom is 0.416 e. The summed E-state index contributed by atoms with van der Waals surface area (Å²) in [5.74, 6) is 0. The number of anilines is 7. The van der Waals surface area contributed by atoms with E-state index in [1.807, 2.05) is 78.9 Å². The maximum atomic E-state index is 11.9. The van der Waals surface area contributed by atoms with Crippen LogP contribution in [0.25, 0.3) is 21.5 Å². The van der Waals surface area contributed by atoms with Gasteiger partial charge in [-0.25, -0.2) is 0 Å². The Morgan fingerprint density at radius 2 is 0.891 bits per heavy atom. The van der Waals surface area contributed by atoms with Gasteiger partial charge in [-0.15, -0.1) is 11.3 Å². The quantitative estimate of drug-likeness (QED) is 0.0983. The second-order valence-corrected chi connectivity index (χ2v) is 11.7. The van der Waals surface area contributed by atoms with Gasteiger partial charge in [0.25, 0.3) is 0 Å². The molecule has 0 saturated carbocycles. The van der Waals surface area contributed by atoms with Gasteiger partial charge in [0.05, 0.1) is 15.6 Å². The van der Waals surface area contributed by atoms with Crippen molar-refractivity contribution in [3.63, 3.8) is 0 Å². The Kier molecular flexibility index (Phi) is 11.1. The van der Waals surface area contributed by atoms with Crippen molar-refractivity contribution >= 4 is 71.3 Å². The molecule has 1 aromatic heterocycles. The summed E-state index contributed by atoms with van der Waals surface area (Å²) < 4.78 is 35.6. The molecule has 6 aromatic rings. The summed E-state index contributed by atoms with van der Waals surface area (Å²) in [6.45, 7) is 2.42. The number of hydrogen-bond acceptors (Lipinski definition) is 8. The summed E-state index contributed by atoms with van der Waals surface area (Å²) in [4.78, 5) is 2.40. The molecule has 0 aliphatic carbocycles. The van der Waals surface area contributed by atoms with Crippen molar-refractivity contribution in [2.75, 3.05) is 52.4 Å². The van der Waals surface area contributed by atoms with Crippen LogP contribution < -0.4 is 39.3 Å². The predicted molar refractivity (Wildman–Crippen MR) is 192 cm³/mol. The van der Waals surface area contributed by atoms with E-state index in [0.717, 1.165) is 61.4 Å². The molecule has 11 heteroatoms. The third-order valence-electron chi connectivity index (χ3n) is 7.25. The van der Waals surface area contributed by atoms with Gasteiger partial charge in [-0.2, -0.15) is 13.2 Å². The van der Waals surface area contributed by atoms with Gasteiger partial charge in [-0.1, -0.05) is 48.5 Å². The van der Waals surface area contributed by atoms with Crippen molar-refractivity contribution in [1.29, 1.82) is 0 Å². The van der Waals surface area contributed by atoms with Crippen molar-refractivity contribution in [1.82, 2.24) is 0 Å². The van der Waals surface area contributed by atoms with E-state index in [0.29, 0.717) is 5.69 Å². The molecule has 0 bridgehead atoms. The molecule has 0 spiro atoms. The summed E-state index contributed by atoms with van der Waals surface area (Å²) in [6, 6.07) is 31.5. The van der Waals surface area contributed by atoms with Crippen LogP contribution in [0.4, 0.5) is 51.6 Å². The summed E-state index contributed by atoms with van der Waals surface area (Å²) in [5, 5.41) is 6.36. The van der Waals surface area contributed by atoms with Crippen molar-refractivity contribution in [3.05, 3.63) is 115 Å². The lowest BCUT2D eigenvalue weighted by Crippen LogP contribution is -2.15. The van der Waals surface area contributed by atoms with Gasteiger partial charge in [-0.05, 0) is 73.5 Å². The minimum Gasteiger partial charge on any atom is -0.399 e. The van der Waals surface area contributed by atoms with Crippen LogP contribution in [-0.4, -0.2) is 13.1 Å². The molecule has 46 heavy (non-hydrogen) atoms. The number of nitrogen functional groups attached to an aromatic ring is 6. The second kappa shape index (κ2) is 15.1. The highest BCUT2D eigenvalue weighted by Gasteiger charge is 2.29. The smallest absolute Gasteiger partial charge is 0.399 e. The SMILES string of the molecule is Nc1ccc(C(F)(F)F)cc1.Nc1ccc(N)c2ccccc12.Nc1ccc(N)c2ccccc12.Nc1ccc(N2CCCC2)s1. The molecule has 240 valence electrons. The number of halogens is 3. The minimum atomic E-state index is -4.27. The molecule has 1 aliphatic rings. The van der Waals surface area contributed by atoms with Crippen molar-refractivity contribution < 1.29 is 13.2 Å². The van der Waals surface area contributed by atoms with Gasteiger partial charge >= 0.3 is 6.18 Å². The first kappa shape index (κ1) is 33.6. The molecule has 1 aliphatic heterocycles. The number of benzene rings is 5. The van der Waals surface area contributed by atoms with Crippen LogP contribution in [0.2, 0.25) is 0 Å². The van der Waals surface area contributed by atoms with Crippen LogP contribution in [0.3, 0.4) is 0 Å². The Labute approximate surface area is 270 Å². The van der Waals surface area contributed by atoms with E-state index in [9.17, 15) is 13.2 Å². The highest BCUT2D eigenvalue weighted by atomic mass is 32.1. The fourth-order valence-electron chi connectivity index (χ4n) is 4.81. The monoisotopic (exact) mass is 645 g/mol. The van der Waals surface area contributed by atoms with Gasteiger partial charge < -0.3 is 39.3 Å². The zero-order chi connectivity index (χ0) is 33.3. The third kappa shape index (κ3) is 8.89. The molecular formula is C35H38F3N7S. The Morgan fingerprint density at radius 1 is 0.500 bits per heavy atom. The largest absolute Gasteiger partial charge is 0.416 e. The molecular weight excluding hydrogens is 607 g/mol. The van der Waals surface area contributed by atoms with Gasteiger partial charge in [0.15, 0.2) is 0 Å². The first-order chi connectivity index (χ1) is 21.9. The van der Waals surface area contributed by atoms with Crippen molar-refractivity contribution in [2.45, 2.75) is 19.0 Å². The molecule has 7 rings (SSSR count). The number of thiophene rings is 1. The molecule has 5 aromatic carbocycles. The minimum absolute atomic E-state index is 0.331. The molecule has 0 atom stereocenters. The third-order valence-corrected chi connectivity index (χ3v) is 8.23. The van der Waals surface area contributed by atoms with Crippen LogP contribution in [0.5, 0.6) is 0 Å². The van der Waals surface area contributed by atoms with Gasteiger partial charge in [-0.3, -0.25) is 0 Å². The van der Waals surface area contributed by atoms with Crippen LogP contribution in [0, 0.1) is 0 Å². The fourth-order valence-corrected chi connectivity index (χ4v) is 5.64. The standard InChI is InChI=1S/2C10H10N2.C8H12N2S.C7H6F3N/c2*11-9-5-6-10(12)8-4-2-1-3-7(8)9;9-7-3-4-8(11-7)10-5-1-2-6-10;8-7(9,10)5-1-3-6(11)4-2-5/h2*1-6H,11-12H2;3-4H,1-2,5-6,9H2;1-4H,11H2. The Balaban J connectivity index is 0.000000139. The highest BCUT2D eigenvalue weighted by Crippen LogP contribution is 2.31. The zero-order valence-electron chi connectivity index (χ0n) is 25.2. The fraction of sp³-hybridized carbons (Fsp3) is 0.143. The van der Waals surface area contributed by atoms with Crippen LogP contribution in [0.1, 0.15) is 18.4 Å². The van der Waals surface area contributed by atoms with Crippen molar-refractivity contribution in [3.8, 4) is 0 Å². The van der Waals surface area contributed by atoms with E-state index in [1.165, 1.54) is 43.1 Å². The van der Waals surface area contributed by atoms with E-state index in [1.54, 1.807) is 11.3 Å². The number of nitrogens with zero attached hydrogens (tertiary/aromatic N) is 1. The molecule has 1 saturated heterocycles. The highest BCUT2D eigenvalue weighted by molar-refractivity contribution is 7.19. The summed E-state index contributed by atoms with van der Waals surface area (Å²) in [5.41, 5.74) is 36.7. The zero-order valence-corrected chi connectivity index (χ0v) is 26.0. The first-order valence-electron chi connectivity index (χ1n) is 14.5. The molecule has 7 nitrogen and oxygen atoms in total. The predicted octanol–water partition coefficient (Wildman–Crippen LogP) is 8.23. The lowest BCUT2D eigenvalue weighted by atomic mass is 10.1. The first-order valence-corrected chi connectivity index (χ1v) is 15.3. The normalized spacial score (nSPS) is 12.4. The average molecular weight is 646 g/mol. The topological polar surface area (TPSA) is 159 Å². The number of rotatable bonds is 1. The van der Waals surface area contributed by atoms with Gasteiger partial charge in [0.2, 0.25) is 0 Å². The van der Waals surface area contributed by atoms with Crippen LogP contribution in [0.15, 0.2) is 109 Å². The van der Waals surface area contributed by atoms with Gasteiger partial charge in [0.1, 0.15) is 0 Å². The number of fused-ring (bicyclic) bond motifs is 2. The number of hydrogen-bond donors (Lipinski definition) is 6. The van der Waals surface area contributed by atoms with E-state index in [-0.39, 0.29) is 0 Å². The second-order valence-electron chi connectivity index (χ2n) is 10.6. The maximum absolute atomic E-state index is 11.9. The van der Waals surface area contributed by atoms with Crippen LogP contribution >= 0.6 is 11.3 Å². The number of nitrogens with two attached hydrogens (primary N) is 6. The molecule has 1 fully saturated rings. The molecule has 2 heterocycles. The molecule has 0 radical (unpaired) electrons. The number of alkyl halides is 3. The summed E-state index contributed by atoms with van der Waals surface area (Å²) >= 11 is 1.69.